The lowest BCUT2D eigenvalue weighted by atomic mass is 9.92. The highest BCUT2D eigenvalue weighted by atomic mass is 19.4. The molecular weight excluding hydrogens is 409 g/mol. The molecule has 2 N–H and O–H groups in total. The van der Waals surface area contributed by atoms with Crippen molar-refractivity contribution >= 4 is 0 Å². The molecule has 1 aromatic heterocycles. The topological polar surface area (TPSA) is 76.9 Å². The molecule has 0 amide bonds. The van der Waals surface area contributed by atoms with Crippen LogP contribution in [0.15, 0.2) is 48.5 Å². The van der Waals surface area contributed by atoms with Crippen molar-refractivity contribution in [3.8, 4) is 11.4 Å². The summed E-state index contributed by atoms with van der Waals surface area (Å²) in [6, 6.07) is 13.9. The summed E-state index contributed by atoms with van der Waals surface area (Å²) in [5.74, 6) is -1.24. The number of aromatic nitrogens is 4. The molecule has 1 fully saturated rings. The van der Waals surface area contributed by atoms with Crippen LogP contribution >= 0.6 is 0 Å². The Bertz CT molecular complexity index is 1110. The van der Waals surface area contributed by atoms with E-state index in [1.165, 1.54) is 18.2 Å². The summed E-state index contributed by atoms with van der Waals surface area (Å²) < 4.78 is 67.9. The van der Waals surface area contributed by atoms with E-state index in [4.69, 9.17) is 8.85 Å². The first-order valence-corrected chi connectivity index (χ1v) is 9.81. The lowest BCUT2D eigenvalue weighted by Crippen LogP contribution is -2.45. The van der Waals surface area contributed by atoms with Gasteiger partial charge in [-0.15, -0.1) is 5.10 Å². The maximum Gasteiger partial charge on any atom is 0.453 e. The molecule has 164 valence electrons. The number of nitrogens with one attached hydrogen (secondary N) is 2. The van der Waals surface area contributed by atoms with Gasteiger partial charge in [0.05, 0.1) is 16.8 Å². The van der Waals surface area contributed by atoms with E-state index < -0.39 is 19.0 Å². The monoisotopic (exact) mass is 435 g/mol. The van der Waals surface area contributed by atoms with Gasteiger partial charge in [0.2, 0.25) is 0 Å². The lowest BCUT2D eigenvalue weighted by Gasteiger charge is -2.34. The number of halogens is 3. The van der Waals surface area contributed by atoms with E-state index in [9.17, 15) is 13.2 Å². The van der Waals surface area contributed by atoms with E-state index in [0.717, 1.165) is 24.9 Å². The fraction of sp³-hybridized carbons (Fsp3) is 0.381. The summed E-state index contributed by atoms with van der Waals surface area (Å²) in [4.78, 5) is 0. The Morgan fingerprint density at radius 2 is 2.10 bits per heavy atom. The van der Waals surface area contributed by atoms with Crippen LogP contribution < -0.4 is 15.4 Å². The Labute approximate surface area is 181 Å². The Balaban J connectivity index is 1.62. The van der Waals surface area contributed by atoms with Crippen molar-refractivity contribution in [3.05, 3.63) is 65.5 Å². The van der Waals surface area contributed by atoms with Crippen LogP contribution in [0.2, 0.25) is 0 Å². The maximum absolute atomic E-state index is 13.3. The van der Waals surface area contributed by atoms with Gasteiger partial charge in [-0.2, -0.15) is 17.9 Å². The number of ether oxygens (including phenoxy) is 1. The Morgan fingerprint density at radius 1 is 1.26 bits per heavy atom. The van der Waals surface area contributed by atoms with Gasteiger partial charge < -0.3 is 15.4 Å². The third kappa shape index (κ3) is 4.70. The van der Waals surface area contributed by atoms with Crippen LogP contribution in [0.25, 0.3) is 5.69 Å². The van der Waals surface area contributed by atoms with Crippen LogP contribution in [0.3, 0.4) is 0 Å². The number of hydrogen-bond donors (Lipinski definition) is 2. The first-order valence-electron chi connectivity index (χ1n) is 11.3. The molecule has 31 heavy (non-hydrogen) atoms. The van der Waals surface area contributed by atoms with Crippen molar-refractivity contribution in [1.82, 2.24) is 30.8 Å². The van der Waals surface area contributed by atoms with Gasteiger partial charge in [-0.25, -0.2) is 0 Å². The predicted octanol–water partition coefficient (Wildman–Crippen LogP) is 3.27. The van der Waals surface area contributed by atoms with Crippen molar-refractivity contribution in [2.75, 3.05) is 13.6 Å². The molecule has 0 aliphatic carbocycles. The summed E-state index contributed by atoms with van der Waals surface area (Å²) in [6.07, 6.45) is -2.95. The standard InChI is InChI=1S/C21H23F3N6O/c1-31-18-10-9-16(30-20(21(22,23)24)27-28-29-30)12-15(18)13-26-17-8-5-11-25-19(17)14-6-3-2-4-7-14/h2-4,6-7,9-10,12,17,19,25-26H,5,8,11,13H2,1H3/i1D3. The molecule has 2 unspecified atom stereocenters. The van der Waals surface area contributed by atoms with Crippen LogP contribution in [0.5, 0.6) is 5.75 Å². The van der Waals surface area contributed by atoms with Crippen LogP contribution in [0.4, 0.5) is 13.2 Å². The third-order valence-corrected chi connectivity index (χ3v) is 5.29. The fourth-order valence-electron chi connectivity index (χ4n) is 3.83. The summed E-state index contributed by atoms with van der Waals surface area (Å²) >= 11 is 0. The van der Waals surface area contributed by atoms with Crippen LogP contribution in [-0.4, -0.2) is 39.8 Å². The number of nitrogens with zero attached hydrogens (tertiary/aromatic N) is 4. The number of benzene rings is 2. The minimum atomic E-state index is -4.76. The number of tetrazole rings is 1. The zero-order chi connectivity index (χ0) is 24.3. The van der Waals surface area contributed by atoms with Crippen molar-refractivity contribution < 1.29 is 22.0 Å². The average Bonchev–Trinajstić information content (AvgIpc) is 3.29. The van der Waals surface area contributed by atoms with Crippen LogP contribution in [0, 0.1) is 0 Å². The smallest absolute Gasteiger partial charge is 0.453 e. The van der Waals surface area contributed by atoms with Crippen LogP contribution in [0.1, 0.15) is 39.9 Å². The zero-order valence-corrected chi connectivity index (χ0v) is 16.4. The number of alkyl halides is 3. The van der Waals surface area contributed by atoms with Gasteiger partial charge in [0.1, 0.15) is 5.75 Å². The van der Waals surface area contributed by atoms with E-state index in [2.05, 4.69) is 26.2 Å². The minimum Gasteiger partial charge on any atom is -0.496 e. The molecule has 4 rings (SSSR count). The largest absolute Gasteiger partial charge is 0.496 e. The zero-order valence-electron chi connectivity index (χ0n) is 19.4. The van der Waals surface area contributed by atoms with Crippen molar-refractivity contribution in [1.29, 1.82) is 0 Å². The quantitative estimate of drug-likeness (QED) is 0.619. The molecule has 0 bridgehead atoms. The molecule has 0 radical (unpaired) electrons. The van der Waals surface area contributed by atoms with Crippen molar-refractivity contribution in [2.45, 2.75) is 37.6 Å². The molecular formula is C21H23F3N6O. The highest BCUT2D eigenvalue weighted by molar-refractivity contribution is 5.44. The summed E-state index contributed by atoms with van der Waals surface area (Å²) in [6.45, 7) is 1.03. The number of piperidine rings is 1. The van der Waals surface area contributed by atoms with E-state index in [0.29, 0.717) is 10.2 Å². The van der Waals surface area contributed by atoms with Gasteiger partial charge in [0.15, 0.2) is 0 Å². The van der Waals surface area contributed by atoms with E-state index >= 15 is 0 Å². The molecule has 7 nitrogen and oxygen atoms in total. The summed E-state index contributed by atoms with van der Waals surface area (Å²) in [7, 11) is -2.72. The second kappa shape index (κ2) is 9.03. The Kier molecular flexibility index (Phi) is 5.15. The predicted molar refractivity (Wildman–Crippen MR) is 108 cm³/mol. The third-order valence-electron chi connectivity index (χ3n) is 5.29. The van der Waals surface area contributed by atoms with Gasteiger partial charge >= 0.3 is 6.18 Å². The van der Waals surface area contributed by atoms with E-state index in [1.807, 2.05) is 30.3 Å². The second-order valence-electron chi connectivity index (χ2n) is 7.28. The molecule has 2 atom stereocenters. The first kappa shape index (κ1) is 17.7. The van der Waals surface area contributed by atoms with Gasteiger partial charge in [0.25, 0.3) is 5.82 Å². The minimum absolute atomic E-state index is 0.0131. The number of methoxy groups -OCH3 is 1. The van der Waals surface area contributed by atoms with Crippen LogP contribution in [-0.2, 0) is 12.7 Å². The highest BCUT2D eigenvalue weighted by Gasteiger charge is 2.38. The second-order valence-corrected chi connectivity index (χ2v) is 7.28. The van der Waals surface area contributed by atoms with Gasteiger partial charge in [0, 0.05) is 24.2 Å². The van der Waals surface area contributed by atoms with E-state index in [1.54, 1.807) is 0 Å². The van der Waals surface area contributed by atoms with Gasteiger partial charge in [-0.05, 0) is 53.6 Å². The molecule has 10 heteroatoms. The molecule has 0 spiro atoms. The van der Waals surface area contributed by atoms with Crippen molar-refractivity contribution in [2.24, 2.45) is 0 Å². The highest BCUT2D eigenvalue weighted by Crippen LogP contribution is 2.30. The lowest BCUT2D eigenvalue weighted by molar-refractivity contribution is -0.146. The average molecular weight is 435 g/mol. The number of hydrogen-bond acceptors (Lipinski definition) is 6. The Morgan fingerprint density at radius 3 is 2.87 bits per heavy atom. The van der Waals surface area contributed by atoms with E-state index in [-0.39, 0.29) is 30.1 Å². The fourth-order valence-corrected chi connectivity index (χ4v) is 3.83. The molecule has 1 aliphatic rings. The molecule has 1 aliphatic heterocycles. The summed E-state index contributed by atoms with van der Waals surface area (Å²) in [5, 5.41) is 16.6. The molecule has 1 saturated heterocycles. The summed E-state index contributed by atoms with van der Waals surface area (Å²) in [5.41, 5.74) is 1.51. The molecule has 2 aromatic carbocycles. The normalized spacial score (nSPS) is 21.2. The molecule has 3 aromatic rings. The van der Waals surface area contributed by atoms with Gasteiger partial charge in [-0.3, -0.25) is 0 Å². The molecule has 2 heterocycles. The van der Waals surface area contributed by atoms with Crippen molar-refractivity contribution in [3.63, 3.8) is 0 Å². The molecule has 0 saturated carbocycles. The number of rotatable bonds is 6. The maximum atomic E-state index is 13.3. The Hall–Kier alpha value is -2.98. The first-order chi connectivity index (χ1) is 16.1. The SMILES string of the molecule is [2H]C([2H])([2H])Oc1ccc(-n2nnnc2C(F)(F)F)cc1CNC1CCCNC1c1ccccc1. The van der Waals surface area contributed by atoms with Gasteiger partial charge in [-0.1, -0.05) is 30.3 Å².